The maximum Gasteiger partial charge on any atom is 0.257 e. The van der Waals surface area contributed by atoms with Crippen molar-refractivity contribution in [2.75, 3.05) is 23.3 Å². The van der Waals surface area contributed by atoms with Crippen LogP contribution in [0.5, 0.6) is 0 Å². The van der Waals surface area contributed by atoms with Crippen LogP contribution in [0.2, 0.25) is 0 Å². The molecule has 4 heterocycles. The summed E-state index contributed by atoms with van der Waals surface area (Å²) in [6, 6.07) is 5.45. The second-order valence-electron chi connectivity index (χ2n) is 7.74. The average molecular weight is 421 g/mol. The molecule has 1 aliphatic rings. The molecule has 10 nitrogen and oxygen atoms in total. The van der Waals surface area contributed by atoms with E-state index in [4.69, 9.17) is 0 Å². The molecule has 158 valence electrons. The molecule has 1 aromatic carbocycles. The molecule has 0 saturated carbocycles. The number of carbonyl (C=O) groups is 1. The maximum absolute atomic E-state index is 14.2. The van der Waals surface area contributed by atoms with E-state index in [0.717, 1.165) is 18.8 Å². The molecule has 0 spiro atoms. The highest BCUT2D eigenvalue weighted by atomic mass is 19.1. The zero-order valence-electron chi connectivity index (χ0n) is 16.9. The van der Waals surface area contributed by atoms with Gasteiger partial charge in [0.2, 0.25) is 5.65 Å². The fraction of sp³-hybridized carbons (Fsp3) is 0.300. The Kier molecular flexibility index (Phi) is 4.66. The Hall–Kier alpha value is -3.73. The van der Waals surface area contributed by atoms with Crippen LogP contribution in [-0.2, 0) is 0 Å². The van der Waals surface area contributed by atoms with E-state index < -0.39 is 11.7 Å². The number of nitrogens with one attached hydrogen (secondary N) is 2. The molecule has 1 fully saturated rings. The topological polar surface area (TPSA) is 113 Å². The van der Waals surface area contributed by atoms with Crippen molar-refractivity contribution in [3.8, 4) is 0 Å². The van der Waals surface area contributed by atoms with Crippen molar-refractivity contribution < 1.29 is 9.18 Å². The van der Waals surface area contributed by atoms with Gasteiger partial charge in [-0.25, -0.2) is 4.39 Å². The van der Waals surface area contributed by atoms with Gasteiger partial charge in [0.1, 0.15) is 11.0 Å². The van der Waals surface area contributed by atoms with Crippen LogP contribution in [0.4, 0.5) is 15.8 Å². The number of pyridine rings is 1. The molecule has 31 heavy (non-hydrogen) atoms. The molecule has 0 unspecified atom stereocenters. The molecule has 1 aliphatic heterocycles. The molecule has 2 N–H and O–H groups in total. The normalized spacial score (nSPS) is 19.1. The lowest BCUT2D eigenvalue weighted by atomic mass is 10.1. The Morgan fingerprint density at radius 2 is 1.90 bits per heavy atom. The summed E-state index contributed by atoms with van der Waals surface area (Å²) in [5, 5.41) is 16.9. The van der Waals surface area contributed by atoms with Gasteiger partial charge in [-0.1, -0.05) is 0 Å². The molecular weight excluding hydrogens is 401 g/mol. The molecule has 1 amide bonds. The van der Waals surface area contributed by atoms with Crippen molar-refractivity contribution in [3.05, 3.63) is 48.2 Å². The van der Waals surface area contributed by atoms with Gasteiger partial charge in [-0.05, 0) is 36.4 Å². The predicted molar refractivity (Wildman–Crippen MR) is 113 cm³/mol. The van der Waals surface area contributed by atoms with Gasteiger partial charge in [0, 0.05) is 43.6 Å². The van der Waals surface area contributed by atoms with Crippen LogP contribution >= 0.6 is 0 Å². The predicted octanol–water partition coefficient (Wildman–Crippen LogP) is 1.65. The Morgan fingerprint density at radius 3 is 2.68 bits per heavy atom. The van der Waals surface area contributed by atoms with Gasteiger partial charge >= 0.3 is 0 Å². The number of hydrogen-bond acceptors (Lipinski definition) is 8. The summed E-state index contributed by atoms with van der Waals surface area (Å²) in [6.07, 6.45) is 4.62. The SMILES string of the molecule is C[C@H]1CN(c2ccc(C(=O)Nc3cc(F)c4nnnn4c3)c3nccnc23)C[C@H](C)N1. The number of aromatic nitrogens is 6. The van der Waals surface area contributed by atoms with Crippen LogP contribution in [0, 0.1) is 5.82 Å². The zero-order chi connectivity index (χ0) is 21.5. The first-order valence-electron chi connectivity index (χ1n) is 9.93. The third kappa shape index (κ3) is 3.52. The summed E-state index contributed by atoms with van der Waals surface area (Å²) >= 11 is 0. The minimum absolute atomic E-state index is 0.0156. The van der Waals surface area contributed by atoms with E-state index in [0.29, 0.717) is 28.7 Å². The number of anilines is 2. The van der Waals surface area contributed by atoms with Crippen LogP contribution < -0.4 is 15.5 Å². The van der Waals surface area contributed by atoms with Crippen LogP contribution in [0.3, 0.4) is 0 Å². The molecule has 11 heteroatoms. The van der Waals surface area contributed by atoms with Gasteiger partial charge in [-0.3, -0.25) is 14.8 Å². The van der Waals surface area contributed by atoms with E-state index in [1.807, 2.05) is 6.07 Å². The van der Waals surface area contributed by atoms with E-state index in [2.05, 4.69) is 54.9 Å². The van der Waals surface area contributed by atoms with Crippen molar-refractivity contribution in [3.63, 3.8) is 0 Å². The van der Waals surface area contributed by atoms with E-state index in [-0.39, 0.29) is 11.3 Å². The summed E-state index contributed by atoms with van der Waals surface area (Å²) in [5.74, 6) is -1.06. The molecule has 1 saturated heterocycles. The fourth-order valence-electron chi connectivity index (χ4n) is 4.08. The molecule has 4 aromatic rings. The van der Waals surface area contributed by atoms with Gasteiger partial charge in [0.05, 0.1) is 23.1 Å². The molecule has 5 rings (SSSR count). The van der Waals surface area contributed by atoms with Gasteiger partial charge in [0.15, 0.2) is 5.82 Å². The number of hydrogen-bond donors (Lipinski definition) is 2. The molecule has 0 radical (unpaired) electrons. The standard InChI is InChI=1S/C20H20FN9O/c1-11-8-29(9-12(2)24-11)16-4-3-14(17-18(16)23-6-5-22-17)20(31)25-13-7-15(21)19-26-27-28-30(19)10-13/h3-7,10-12,24H,8-9H2,1-2H3,(H,25,31)/t11-,12-/m0/s1. The highest BCUT2D eigenvalue weighted by Gasteiger charge is 2.24. The van der Waals surface area contributed by atoms with Crippen molar-refractivity contribution in [2.45, 2.75) is 25.9 Å². The van der Waals surface area contributed by atoms with Gasteiger partial charge in [-0.15, -0.1) is 5.10 Å². The summed E-state index contributed by atoms with van der Waals surface area (Å²) in [6.45, 7) is 5.93. The van der Waals surface area contributed by atoms with Crippen LogP contribution in [0.1, 0.15) is 24.2 Å². The Labute approximate surface area is 176 Å². The molecular formula is C20H20FN9O. The average Bonchev–Trinajstić information content (AvgIpc) is 3.21. The molecule has 0 bridgehead atoms. The lowest BCUT2D eigenvalue weighted by Gasteiger charge is -2.38. The smallest absolute Gasteiger partial charge is 0.257 e. The van der Waals surface area contributed by atoms with Crippen LogP contribution in [0.15, 0.2) is 36.8 Å². The lowest BCUT2D eigenvalue weighted by Crippen LogP contribution is -2.54. The van der Waals surface area contributed by atoms with Gasteiger partial charge in [0.25, 0.3) is 5.91 Å². The number of benzene rings is 1. The Bertz CT molecular complexity index is 1280. The number of amides is 1. The van der Waals surface area contributed by atoms with Crippen molar-refractivity contribution in [1.29, 1.82) is 0 Å². The van der Waals surface area contributed by atoms with E-state index in [9.17, 15) is 9.18 Å². The largest absolute Gasteiger partial charge is 0.367 e. The Morgan fingerprint density at radius 1 is 1.16 bits per heavy atom. The highest BCUT2D eigenvalue weighted by Crippen LogP contribution is 2.28. The first-order chi connectivity index (χ1) is 15.0. The van der Waals surface area contributed by atoms with E-state index >= 15 is 0 Å². The van der Waals surface area contributed by atoms with Crippen LogP contribution in [-0.4, -0.2) is 61.1 Å². The van der Waals surface area contributed by atoms with Gasteiger partial charge < -0.3 is 15.5 Å². The summed E-state index contributed by atoms with van der Waals surface area (Å²) in [7, 11) is 0. The third-order valence-corrected chi connectivity index (χ3v) is 5.25. The van der Waals surface area contributed by atoms with Crippen LogP contribution in [0.25, 0.3) is 16.7 Å². The van der Waals surface area contributed by atoms with Crippen molar-refractivity contribution in [2.24, 2.45) is 0 Å². The number of piperazine rings is 1. The lowest BCUT2D eigenvalue weighted by molar-refractivity contribution is 0.102. The summed E-state index contributed by atoms with van der Waals surface area (Å²) in [4.78, 5) is 24.2. The molecule has 3 aromatic heterocycles. The van der Waals surface area contributed by atoms with E-state index in [1.165, 1.54) is 16.8 Å². The number of halogens is 1. The number of rotatable bonds is 3. The molecule has 2 atom stereocenters. The van der Waals surface area contributed by atoms with Crippen molar-refractivity contribution >= 4 is 34.0 Å². The van der Waals surface area contributed by atoms with Crippen molar-refractivity contribution in [1.82, 2.24) is 35.3 Å². The fourth-order valence-corrected chi connectivity index (χ4v) is 4.08. The van der Waals surface area contributed by atoms with Gasteiger partial charge in [-0.2, -0.15) is 4.52 Å². The maximum atomic E-state index is 14.2. The quantitative estimate of drug-likeness (QED) is 0.513. The number of nitrogens with zero attached hydrogens (tertiary/aromatic N) is 7. The monoisotopic (exact) mass is 421 g/mol. The molecule has 0 aliphatic carbocycles. The van der Waals surface area contributed by atoms with E-state index in [1.54, 1.807) is 18.5 Å². The summed E-state index contributed by atoms with van der Waals surface area (Å²) in [5.41, 5.74) is 2.63. The minimum atomic E-state index is -0.634. The number of fused-ring (bicyclic) bond motifs is 2. The zero-order valence-corrected chi connectivity index (χ0v) is 16.9. The second-order valence-corrected chi connectivity index (χ2v) is 7.74. The number of tetrazole rings is 1. The Balaban J connectivity index is 1.50. The summed E-state index contributed by atoms with van der Waals surface area (Å²) < 4.78 is 15.3. The highest BCUT2D eigenvalue weighted by molar-refractivity contribution is 6.13. The first-order valence-corrected chi connectivity index (χ1v) is 9.93. The number of carbonyl (C=O) groups excluding carboxylic acids is 1. The first kappa shape index (κ1) is 19.2. The second kappa shape index (κ2) is 7.51. The third-order valence-electron chi connectivity index (χ3n) is 5.25. The minimum Gasteiger partial charge on any atom is -0.367 e.